The molecule has 0 unspecified atom stereocenters. The molecule has 0 aliphatic heterocycles. The maximum Gasteiger partial charge on any atom is 0.262 e. The summed E-state index contributed by atoms with van der Waals surface area (Å²) < 4.78 is 27.4. The number of hydrogen-bond acceptors (Lipinski definition) is 5. The lowest BCUT2D eigenvalue weighted by Gasteiger charge is -2.33. The van der Waals surface area contributed by atoms with Gasteiger partial charge in [0.2, 0.25) is 5.03 Å². The molecule has 0 spiro atoms. The third-order valence-corrected chi connectivity index (χ3v) is 5.83. The minimum Gasteiger partial charge on any atom is -0.393 e. The van der Waals surface area contributed by atoms with Gasteiger partial charge >= 0.3 is 0 Å². The van der Waals surface area contributed by atoms with E-state index in [1.165, 1.54) is 23.1 Å². The highest BCUT2D eigenvalue weighted by Gasteiger charge is 2.34. The van der Waals surface area contributed by atoms with Gasteiger partial charge in [-0.05, 0) is 34.7 Å². The Morgan fingerprint density at radius 3 is 2.61 bits per heavy atom. The molecular weight excluding hydrogens is 324 g/mol. The van der Waals surface area contributed by atoms with Crippen LogP contribution < -0.4 is 0 Å². The van der Waals surface area contributed by atoms with Gasteiger partial charge in [0.25, 0.3) is 10.0 Å². The highest BCUT2D eigenvalue weighted by atomic mass is 79.9. The Labute approximate surface area is 114 Å². The van der Waals surface area contributed by atoms with Crippen molar-refractivity contribution >= 4 is 26.0 Å². The summed E-state index contributed by atoms with van der Waals surface area (Å²) in [7, 11) is -0.542. The molecule has 7 nitrogen and oxygen atoms in total. The van der Waals surface area contributed by atoms with Crippen molar-refractivity contribution in [2.45, 2.75) is 24.0 Å². The minimum atomic E-state index is -3.60. The van der Waals surface area contributed by atoms with Crippen molar-refractivity contribution in [1.29, 1.82) is 0 Å². The summed E-state index contributed by atoms with van der Waals surface area (Å²) in [6, 6.07) is 0. The maximum absolute atomic E-state index is 12.3. The average Bonchev–Trinajstić information content (AvgIpc) is 2.56. The Morgan fingerprint density at radius 1 is 1.56 bits per heavy atom. The Kier molecular flexibility index (Phi) is 3.77. The van der Waals surface area contributed by atoms with E-state index in [2.05, 4.69) is 26.2 Å². The van der Waals surface area contributed by atoms with Crippen LogP contribution in [0.15, 0.2) is 9.63 Å². The highest BCUT2D eigenvalue weighted by molar-refractivity contribution is 9.10. The lowest BCUT2D eigenvalue weighted by atomic mass is 9.82. The number of hydrogen-bond donors (Lipinski definition) is 1. The number of sulfonamides is 1. The van der Waals surface area contributed by atoms with Crippen molar-refractivity contribution in [3.8, 4) is 0 Å². The third-order valence-electron chi connectivity index (χ3n) is 3.12. The van der Waals surface area contributed by atoms with E-state index in [1.54, 1.807) is 0 Å². The van der Waals surface area contributed by atoms with E-state index >= 15 is 0 Å². The molecule has 0 radical (unpaired) electrons. The van der Waals surface area contributed by atoms with Gasteiger partial charge in [0.1, 0.15) is 0 Å². The fourth-order valence-corrected chi connectivity index (χ4v) is 4.32. The molecule has 0 saturated heterocycles. The Morgan fingerprint density at radius 2 is 2.17 bits per heavy atom. The van der Waals surface area contributed by atoms with Crippen molar-refractivity contribution in [3.63, 3.8) is 0 Å². The summed E-state index contributed by atoms with van der Waals surface area (Å²) in [5.74, 6) is 0.222. The number of aliphatic hydroxyl groups excluding tert-OH is 1. The predicted molar refractivity (Wildman–Crippen MR) is 67.2 cm³/mol. The summed E-state index contributed by atoms with van der Waals surface area (Å²) in [6.07, 6.45) is 1.03. The zero-order valence-electron chi connectivity index (χ0n) is 10.1. The van der Waals surface area contributed by atoms with Gasteiger partial charge in [0, 0.05) is 20.6 Å². The molecule has 0 aromatic carbocycles. The molecule has 1 aromatic rings. The molecule has 1 N–H and O–H groups in total. The number of aryl methyl sites for hydroxylation is 1. The van der Waals surface area contributed by atoms with Crippen LogP contribution in [0.3, 0.4) is 0 Å². The number of aliphatic hydroxyl groups is 1. The molecule has 0 bridgehead atoms. The first kappa shape index (κ1) is 13.9. The van der Waals surface area contributed by atoms with E-state index in [1.807, 2.05) is 0 Å². The van der Waals surface area contributed by atoms with E-state index in [0.29, 0.717) is 19.4 Å². The molecule has 18 heavy (non-hydrogen) atoms. The fourth-order valence-electron chi connectivity index (χ4n) is 2.06. The molecule has 0 amide bonds. The second-order valence-electron chi connectivity index (χ2n) is 4.59. The molecule has 102 valence electrons. The first-order chi connectivity index (χ1) is 8.32. The van der Waals surface area contributed by atoms with Gasteiger partial charge in [-0.15, -0.1) is 5.10 Å². The molecule has 1 saturated carbocycles. The molecule has 1 fully saturated rings. The maximum atomic E-state index is 12.3. The minimum absolute atomic E-state index is 0.0462. The van der Waals surface area contributed by atoms with E-state index in [9.17, 15) is 13.5 Å². The van der Waals surface area contributed by atoms with Crippen molar-refractivity contribution in [1.82, 2.24) is 19.3 Å². The van der Waals surface area contributed by atoms with Crippen LogP contribution in [0.25, 0.3) is 0 Å². The van der Waals surface area contributed by atoms with Gasteiger partial charge in [-0.1, -0.05) is 5.21 Å². The van der Waals surface area contributed by atoms with E-state index < -0.39 is 10.0 Å². The number of nitrogens with zero attached hydrogens (tertiary/aromatic N) is 4. The molecule has 1 aliphatic carbocycles. The van der Waals surface area contributed by atoms with Gasteiger partial charge in [-0.2, -0.15) is 4.31 Å². The summed E-state index contributed by atoms with van der Waals surface area (Å²) in [5.41, 5.74) is 0. The van der Waals surface area contributed by atoms with Crippen LogP contribution in [0.4, 0.5) is 0 Å². The van der Waals surface area contributed by atoms with Gasteiger partial charge < -0.3 is 5.11 Å². The monoisotopic (exact) mass is 338 g/mol. The lowest BCUT2D eigenvalue weighted by Crippen LogP contribution is -2.40. The molecule has 2 rings (SSSR count). The largest absolute Gasteiger partial charge is 0.393 e. The van der Waals surface area contributed by atoms with E-state index in [0.717, 1.165) is 0 Å². The topological polar surface area (TPSA) is 88.3 Å². The molecule has 1 heterocycles. The predicted octanol–water partition coefficient (Wildman–Crippen LogP) is -0.0310. The van der Waals surface area contributed by atoms with Crippen molar-refractivity contribution in [2.75, 3.05) is 13.6 Å². The zero-order chi connectivity index (χ0) is 13.5. The number of halogens is 1. The van der Waals surface area contributed by atoms with Crippen LogP contribution in [0.1, 0.15) is 12.8 Å². The van der Waals surface area contributed by atoms with Crippen molar-refractivity contribution in [3.05, 3.63) is 4.60 Å². The van der Waals surface area contributed by atoms with Crippen molar-refractivity contribution < 1.29 is 13.5 Å². The summed E-state index contributed by atoms with van der Waals surface area (Å²) in [6.45, 7) is 0.400. The molecular formula is C9H15BrN4O3S. The highest BCUT2D eigenvalue weighted by Crippen LogP contribution is 2.30. The van der Waals surface area contributed by atoms with Crippen LogP contribution in [-0.4, -0.2) is 52.5 Å². The smallest absolute Gasteiger partial charge is 0.262 e. The van der Waals surface area contributed by atoms with Crippen LogP contribution in [0.5, 0.6) is 0 Å². The zero-order valence-corrected chi connectivity index (χ0v) is 12.5. The van der Waals surface area contributed by atoms with Gasteiger partial charge in [-0.3, -0.25) is 0 Å². The average molecular weight is 339 g/mol. The van der Waals surface area contributed by atoms with Crippen molar-refractivity contribution in [2.24, 2.45) is 13.0 Å². The SMILES string of the molecule is CN(CC1CC(O)C1)S(=O)(=O)c1c(Br)nnn1C. The standard InChI is InChI=1S/C9H15BrN4O3S/c1-13(5-6-3-7(15)4-6)18(16,17)9-8(10)11-12-14(9)2/h6-7,15H,3-5H2,1-2H3. The molecule has 1 aliphatic rings. The summed E-state index contributed by atoms with van der Waals surface area (Å²) >= 11 is 3.09. The van der Waals surface area contributed by atoms with Gasteiger partial charge in [0.05, 0.1) is 6.10 Å². The van der Waals surface area contributed by atoms with E-state index in [-0.39, 0.29) is 21.7 Å². The third kappa shape index (κ3) is 2.44. The molecule has 0 atom stereocenters. The first-order valence-corrected chi connectivity index (χ1v) is 7.75. The van der Waals surface area contributed by atoms with E-state index in [4.69, 9.17) is 0 Å². The Hall–Kier alpha value is -0.510. The van der Waals surface area contributed by atoms with Gasteiger partial charge in [0.15, 0.2) is 4.60 Å². The first-order valence-electron chi connectivity index (χ1n) is 5.52. The summed E-state index contributed by atoms with van der Waals surface area (Å²) in [4.78, 5) is 0. The molecule has 1 aromatic heterocycles. The lowest BCUT2D eigenvalue weighted by molar-refractivity contribution is 0.0367. The number of aromatic nitrogens is 3. The Bertz CT molecular complexity index is 519. The van der Waals surface area contributed by atoms with Crippen LogP contribution in [0.2, 0.25) is 0 Å². The second-order valence-corrected chi connectivity index (χ2v) is 7.30. The van der Waals surface area contributed by atoms with Gasteiger partial charge in [-0.25, -0.2) is 13.1 Å². The fraction of sp³-hybridized carbons (Fsp3) is 0.778. The van der Waals surface area contributed by atoms with Crippen LogP contribution >= 0.6 is 15.9 Å². The molecule has 9 heteroatoms. The van der Waals surface area contributed by atoms with Crippen LogP contribution in [0, 0.1) is 5.92 Å². The summed E-state index contributed by atoms with van der Waals surface area (Å²) in [5, 5.41) is 16.6. The van der Waals surface area contributed by atoms with Crippen LogP contribution in [-0.2, 0) is 17.1 Å². The normalized spacial score (nSPS) is 24.3. The second kappa shape index (κ2) is 4.87. The Balaban J connectivity index is 2.16. The number of rotatable bonds is 4. The quantitative estimate of drug-likeness (QED) is 0.832.